The fraction of sp³-hybridized carbons (Fsp3) is 0.400. The van der Waals surface area contributed by atoms with Gasteiger partial charge < -0.3 is 4.74 Å². The molecule has 0 unspecified atom stereocenters. The van der Waals surface area contributed by atoms with Crippen LogP contribution < -0.4 is 4.74 Å². The average molecular weight is 221 g/mol. The van der Waals surface area contributed by atoms with Crippen molar-refractivity contribution in [3.8, 4) is 5.75 Å². The molecule has 0 aromatic heterocycles. The van der Waals surface area contributed by atoms with E-state index >= 15 is 0 Å². The lowest BCUT2D eigenvalue weighted by Crippen LogP contribution is -2.01. The highest BCUT2D eigenvalue weighted by Gasteiger charge is 2.13. The van der Waals surface area contributed by atoms with Gasteiger partial charge in [-0.1, -0.05) is 24.9 Å². The topological polar surface area (TPSA) is 9.23 Å². The summed E-state index contributed by atoms with van der Waals surface area (Å²) in [6, 6.07) is 2.26. The lowest BCUT2D eigenvalue weighted by Gasteiger charge is -2.08. The molecule has 0 saturated heterocycles. The molecule has 0 fully saturated rings. The van der Waals surface area contributed by atoms with Crippen LogP contribution in [0.4, 0.5) is 8.78 Å². The minimum absolute atomic E-state index is 0.127. The van der Waals surface area contributed by atoms with Gasteiger partial charge in [-0.15, -0.1) is 0 Å². The predicted molar refractivity (Wildman–Crippen MR) is 51.8 cm³/mol. The van der Waals surface area contributed by atoms with E-state index in [-0.39, 0.29) is 10.8 Å². The molecule has 14 heavy (non-hydrogen) atoms. The summed E-state index contributed by atoms with van der Waals surface area (Å²) in [6.45, 7) is 2.26. The van der Waals surface area contributed by atoms with E-state index in [1.165, 1.54) is 6.07 Å². The van der Waals surface area contributed by atoms with Gasteiger partial charge in [0.05, 0.1) is 11.6 Å². The Hall–Kier alpha value is -0.830. The first-order valence-corrected chi connectivity index (χ1v) is 4.81. The summed E-state index contributed by atoms with van der Waals surface area (Å²) >= 11 is 5.48. The van der Waals surface area contributed by atoms with Crippen LogP contribution in [-0.4, -0.2) is 6.61 Å². The molecule has 1 aromatic carbocycles. The summed E-state index contributed by atoms with van der Waals surface area (Å²) in [5, 5.41) is -0.127. The minimum Gasteiger partial charge on any atom is -0.488 e. The van der Waals surface area contributed by atoms with Crippen LogP contribution in [0, 0.1) is 11.6 Å². The number of hydrogen-bond acceptors (Lipinski definition) is 1. The molecule has 1 nitrogen and oxygen atoms in total. The second-order valence-electron chi connectivity index (χ2n) is 2.87. The molecular weight excluding hydrogens is 210 g/mol. The highest BCUT2D eigenvalue weighted by Crippen LogP contribution is 2.27. The summed E-state index contributed by atoms with van der Waals surface area (Å²) in [5.41, 5.74) is 0. The monoisotopic (exact) mass is 220 g/mol. The second kappa shape index (κ2) is 5.15. The molecule has 0 aliphatic heterocycles. The lowest BCUT2D eigenvalue weighted by molar-refractivity contribution is 0.278. The van der Waals surface area contributed by atoms with E-state index in [2.05, 4.69) is 0 Å². The maximum atomic E-state index is 13.2. The van der Waals surface area contributed by atoms with Gasteiger partial charge in [-0.05, 0) is 18.6 Å². The molecule has 4 heteroatoms. The van der Waals surface area contributed by atoms with Crippen molar-refractivity contribution in [1.82, 2.24) is 0 Å². The normalized spacial score (nSPS) is 10.3. The average Bonchev–Trinajstić information content (AvgIpc) is 2.18. The smallest absolute Gasteiger partial charge is 0.192 e. The van der Waals surface area contributed by atoms with E-state index in [0.717, 1.165) is 18.9 Å². The first kappa shape index (κ1) is 11.2. The Bertz CT molecular complexity index is 315. The third kappa shape index (κ3) is 2.58. The molecule has 0 spiro atoms. The zero-order valence-electron chi connectivity index (χ0n) is 7.82. The van der Waals surface area contributed by atoms with Gasteiger partial charge in [0.1, 0.15) is 0 Å². The van der Waals surface area contributed by atoms with Gasteiger partial charge in [0.15, 0.2) is 17.4 Å². The van der Waals surface area contributed by atoms with Crippen LogP contribution in [0.25, 0.3) is 0 Å². The number of hydrogen-bond donors (Lipinski definition) is 0. The Labute approximate surface area is 86.6 Å². The molecule has 0 heterocycles. The van der Waals surface area contributed by atoms with Crippen LogP contribution >= 0.6 is 11.6 Å². The van der Waals surface area contributed by atoms with Crippen molar-refractivity contribution in [3.05, 3.63) is 28.8 Å². The summed E-state index contributed by atoms with van der Waals surface area (Å²) in [5.74, 6) is -1.93. The van der Waals surface area contributed by atoms with E-state index in [9.17, 15) is 8.78 Å². The highest BCUT2D eigenvalue weighted by molar-refractivity contribution is 6.30. The van der Waals surface area contributed by atoms with Crippen LogP contribution in [0.1, 0.15) is 19.8 Å². The van der Waals surface area contributed by atoms with Crippen LogP contribution in [0.5, 0.6) is 5.75 Å². The number of rotatable bonds is 4. The number of ether oxygens (including phenoxy) is 1. The standard InChI is InChI=1S/C10H11ClF2O/c1-2-3-6-14-10-8(12)5-4-7(11)9(10)13/h4-5H,2-3,6H2,1H3. The van der Waals surface area contributed by atoms with Crippen LogP contribution in [-0.2, 0) is 0 Å². The quantitative estimate of drug-likeness (QED) is 0.554. The number of halogens is 3. The summed E-state index contributed by atoms with van der Waals surface area (Å²) in [7, 11) is 0. The summed E-state index contributed by atoms with van der Waals surface area (Å²) < 4.78 is 31.2. The van der Waals surface area contributed by atoms with Crippen molar-refractivity contribution >= 4 is 11.6 Å². The molecule has 1 aromatic rings. The number of benzene rings is 1. The van der Waals surface area contributed by atoms with Gasteiger partial charge in [-0.3, -0.25) is 0 Å². The van der Waals surface area contributed by atoms with Gasteiger partial charge >= 0.3 is 0 Å². The Morgan fingerprint density at radius 3 is 2.71 bits per heavy atom. The van der Waals surface area contributed by atoms with Crippen LogP contribution in [0.3, 0.4) is 0 Å². The van der Waals surface area contributed by atoms with Gasteiger partial charge in [-0.25, -0.2) is 8.78 Å². The first-order valence-electron chi connectivity index (χ1n) is 4.43. The van der Waals surface area contributed by atoms with E-state index in [4.69, 9.17) is 16.3 Å². The highest BCUT2D eigenvalue weighted by atomic mass is 35.5. The third-order valence-electron chi connectivity index (χ3n) is 1.75. The van der Waals surface area contributed by atoms with Crippen molar-refractivity contribution in [3.63, 3.8) is 0 Å². The molecule has 78 valence electrons. The first-order chi connectivity index (χ1) is 6.66. The third-order valence-corrected chi connectivity index (χ3v) is 2.04. The SMILES string of the molecule is CCCCOc1c(F)ccc(Cl)c1F. The van der Waals surface area contributed by atoms with Gasteiger partial charge in [0, 0.05) is 0 Å². The summed E-state index contributed by atoms with van der Waals surface area (Å²) in [6.07, 6.45) is 1.66. The van der Waals surface area contributed by atoms with Crippen molar-refractivity contribution in [2.45, 2.75) is 19.8 Å². The largest absolute Gasteiger partial charge is 0.488 e. The molecule has 0 atom stereocenters. The maximum Gasteiger partial charge on any atom is 0.192 e. The van der Waals surface area contributed by atoms with Crippen molar-refractivity contribution in [2.75, 3.05) is 6.61 Å². The maximum absolute atomic E-state index is 13.2. The van der Waals surface area contributed by atoms with E-state index in [0.29, 0.717) is 6.61 Å². The second-order valence-corrected chi connectivity index (χ2v) is 3.28. The zero-order chi connectivity index (χ0) is 10.6. The summed E-state index contributed by atoms with van der Waals surface area (Å²) in [4.78, 5) is 0. The zero-order valence-corrected chi connectivity index (χ0v) is 8.57. The Morgan fingerprint density at radius 1 is 1.36 bits per heavy atom. The molecule has 1 rings (SSSR count). The molecule has 0 aliphatic carbocycles. The molecule has 0 amide bonds. The molecular formula is C10H11ClF2O. The van der Waals surface area contributed by atoms with Crippen molar-refractivity contribution in [2.24, 2.45) is 0 Å². The van der Waals surface area contributed by atoms with Crippen molar-refractivity contribution < 1.29 is 13.5 Å². The number of unbranched alkanes of at least 4 members (excludes halogenated alkanes) is 1. The molecule has 0 radical (unpaired) electrons. The van der Waals surface area contributed by atoms with E-state index < -0.39 is 11.6 Å². The Kier molecular flexibility index (Phi) is 4.14. The molecule has 0 N–H and O–H groups in total. The van der Waals surface area contributed by atoms with Crippen LogP contribution in [0.15, 0.2) is 12.1 Å². The van der Waals surface area contributed by atoms with Gasteiger partial charge in [0.25, 0.3) is 0 Å². The fourth-order valence-corrected chi connectivity index (χ4v) is 1.11. The van der Waals surface area contributed by atoms with E-state index in [1.807, 2.05) is 6.92 Å². The molecule has 0 aliphatic rings. The molecule has 0 bridgehead atoms. The van der Waals surface area contributed by atoms with E-state index in [1.54, 1.807) is 0 Å². The minimum atomic E-state index is -0.831. The Morgan fingerprint density at radius 2 is 2.07 bits per heavy atom. The molecule has 0 saturated carbocycles. The lowest BCUT2D eigenvalue weighted by atomic mass is 10.3. The predicted octanol–water partition coefficient (Wildman–Crippen LogP) is 3.80. The van der Waals surface area contributed by atoms with Gasteiger partial charge in [-0.2, -0.15) is 0 Å². The van der Waals surface area contributed by atoms with Crippen LogP contribution in [0.2, 0.25) is 5.02 Å². The van der Waals surface area contributed by atoms with Gasteiger partial charge in [0.2, 0.25) is 0 Å². The van der Waals surface area contributed by atoms with Crippen molar-refractivity contribution in [1.29, 1.82) is 0 Å². The Balaban J connectivity index is 2.79. The fourth-order valence-electron chi connectivity index (χ4n) is 0.959.